The molecular weight excluding hydrogens is 467 g/mol. The molecule has 174 valence electrons. The number of carbonyl (C=O) groups excluding carboxylic acids is 1. The number of aromatic nitrogens is 3. The van der Waals surface area contributed by atoms with Gasteiger partial charge in [-0.2, -0.15) is 0 Å². The van der Waals surface area contributed by atoms with Gasteiger partial charge in [0.05, 0.1) is 12.9 Å². The quantitative estimate of drug-likeness (QED) is 0.402. The molecule has 11 heteroatoms. The standard InChI is InChI=1S/C22H24ClFN6O2S/c1-32-16-7-5-15(6-8-16)21-26-27-22(30(21)25)33-14-20(31)29-11-9-28(10-12-29)13-17-18(23)3-2-4-19(17)24/h2-8H,9-14,25H2,1H3. The van der Waals surface area contributed by atoms with Crippen molar-refractivity contribution < 1.29 is 13.9 Å². The molecule has 0 aliphatic carbocycles. The normalized spacial score (nSPS) is 14.5. The fourth-order valence-electron chi connectivity index (χ4n) is 3.59. The van der Waals surface area contributed by atoms with E-state index in [4.69, 9.17) is 22.2 Å². The molecule has 33 heavy (non-hydrogen) atoms. The number of hydrogen-bond donors (Lipinski definition) is 1. The smallest absolute Gasteiger partial charge is 0.233 e. The van der Waals surface area contributed by atoms with Gasteiger partial charge in [-0.05, 0) is 36.4 Å². The zero-order chi connectivity index (χ0) is 23.4. The van der Waals surface area contributed by atoms with E-state index in [1.807, 2.05) is 24.3 Å². The van der Waals surface area contributed by atoms with Gasteiger partial charge in [0, 0.05) is 48.9 Å². The number of amides is 1. The number of rotatable bonds is 7. The van der Waals surface area contributed by atoms with Crippen molar-refractivity contribution in [1.29, 1.82) is 0 Å². The Morgan fingerprint density at radius 3 is 2.55 bits per heavy atom. The third-order valence-corrected chi connectivity index (χ3v) is 6.79. The SMILES string of the molecule is COc1ccc(-c2nnc(SCC(=O)N3CCN(Cc4c(F)cccc4Cl)CC3)n2N)cc1. The molecule has 2 heterocycles. The third kappa shape index (κ3) is 5.40. The molecule has 0 unspecified atom stereocenters. The highest BCUT2D eigenvalue weighted by molar-refractivity contribution is 7.99. The molecule has 0 saturated carbocycles. The Morgan fingerprint density at radius 1 is 1.15 bits per heavy atom. The lowest BCUT2D eigenvalue weighted by Crippen LogP contribution is -2.48. The fourth-order valence-corrected chi connectivity index (χ4v) is 4.57. The minimum absolute atomic E-state index is 0.00225. The zero-order valence-corrected chi connectivity index (χ0v) is 19.7. The van der Waals surface area contributed by atoms with Crippen LogP contribution >= 0.6 is 23.4 Å². The van der Waals surface area contributed by atoms with Gasteiger partial charge in [0.1, 0.15) is 11.6 Å². The van der Waals surface area contributed by atoms with Crippen molar-refractivity contribution in [3.63, 3.8) is 0 Å². The van der Waals surface area contributed by atoms with E-state index in [0.29, 0.717) is 54.3 Å². The summed E-state index contributed by atoms with van der Waals surface area (Å²) in [5.41, 5.74) is 1.29. The zero-order valence-electron chi connectivity index (χ0n) is 18.1. The van der Waals surface area contributed by atoms with Crippen LogP contribution in [0.2, 0.25) is 5.02 Å². The molecule has 1 fully saturated rings. The van der Waals surface area contributed by atoms with Crippen molar-refractivity contribution in [3.05, 3.63) is 58.9 Å². The Balaban J connectivity index is 1.29. The first-order valence-corrected chi connectivity index (χ1v) is 11.7. The predicted molar refractivity (Wildman–Crippen MR) is 126 cm³/mol. The molecule has 1 aromatic heterocycles. The van der Waals surface area contributed by atoms with E-state index in [2.05, 4.69) is 15.1 Å². The molecule has 1 saturated heterocycles. The van der Waals surface area contributed by atoms with Crippen LogP contribution in [0, 0.1) is 5.82 Å². The molecule has 2 aromatic carbocycles. The number of hydrogen-bond acceptors (Lipinski definition) is 7. The second kappa shape index (κ2) is 10.4. The molecule has 4 rings (SSSR count). The second-order valence-corrected chi connectivity index (χ2v) is 8.90. The van der Waals surface area contributed by atoms with E-state index in [1.165, 1.54) is 22.5 Å². The number of methoxy groups -OCH3 is 1. The second-order valence-electron chi connectivity index (χ2n) is 7.55. The number of piperazine rings is 1. The largest absolute Gasteiger partial charge is 0.497 e. The maximum Gasteiger partial charge on any atom is 0.233 e. The highest BCUT2D eigenvalue weighted by atomic mass is 35.5. The number of benzene rings is 2. The molecular formula is C22H24ClFN6O2S. The van der Waals surface area contributed by atoms with Crippen molar-refractivity contribution in [2.24, 2.45) is 0 Å². The van der Waals surface area contributed by atoms with Gasteiger partial charge in [-0.3, -0.25) is 9.69 Å². The van der Waals surface area contributed by atoms with Crippen LogP contribution in [0.4, 0.5) is 4.39 Å². The molecule has 0 radical (unpaired) electrons. The highest BCUT2D eigenvalue weighted by Gasteiger charge is 2.23. The van der Waals surface area contributed by atoms with Crippen molar-refractivity contribution in [1.82, 2.24) is 24.7 Å². The van der Waals surface area contributed by atoms with E-state index >= 15 is 0 Å². The Hall–Kier alpha value is -2.82. The first kappa shape index (κ1) is 23.3. The Bertz CT molecular complexity index is 1100. The lowest BCUT2D eigenvalue weighted by atomic mass is 10.2. The number of ether oxygens (including phenoxy) is 1. The van der Waals surface area contributed by atoms with Crippen LogP contribution < -0.4 is 10.6 Å². The maximum absolute atomic E-state index is 14.0. The van der Waals surface area contributed by atoms with Crippen molar-refractivity contribution in [3.8, 4) is 17.1 Å². The lowest BCUT2D eigenvalue weighted by molar-refractivity contribution is -0.130. The summed E-state index contributed by atoms with van der Waals surface area (Å²) >= 11 is 7.38. The van der Waals surface area contributed by atoms with Crippen molar-refractivity contribution in [2.75, 3.05) is 44.9 Å². The van der Waals surface area contributed by atoms with Crippen LogP contribution in [0.25, 0.3) is 11.4 Å². The molecule has 0 atom stereocenters. The average molecular weight is 491 g/mol. The van der Waals surface area contributed by atoms with E-state index in [-0.39, 0.29) is 17.5 Å². The molecule has 1 aliphatic rings. The van der Waals surface area contributed by atoms with E-state index in [1.54, 1.807) is 24.1 Å². The van der Waals surface area contributed by atoms with Crippen LogP contribution in [0.1, 0.15) is 5.56 Å². The summed E-state index contributed by atoms with van der Waals surface area (Å²) in [5, 5.41) is 9.15. The van der Waals surface area contributed by atoms with E-state index in [9.17, 15) is 9.18 Å². The number of carbonyl (C=O) groups is 1. The Labute approximate surface area is 200 Å². The predicted octanol–water partition coefficient (Wildman–Crippen LogP) is 2.90. The number of nitrogens with two attached hydrogens (primary N) is 1. The summed E-state index contributed by atoms with van der Waals surface area (Å²) in [6.45, 7) is 2.86. The Morgan fingerprint density at radius 2 is 1.88 bits per heavy atom. The van der Waals surface area contributed by atoms with Gasteiger partial charge < -0.3 is 15.5 Å². The van der Waals surface area contributed by atoms with E-state index < -0.39 is 0 Å². The van der Waals surface area contributed by atoms with Gasteiger partial charge in [-0.25, -0.2) is 9.07 Å². The van der Waals surface area contributed by atoms with Crippen LogP contribution in [-0.2, 0) is 11.3 Å². The topological polar surface area (TPSA) is 89.5 Å². The fraction of sp³-hybridized carbons (Fsp3) is 0.318. The summed E-state index contributed by atoms with van der Waals surface area (Å²) in [6, 6.07) is 12.0. The van der Waals surface area contributed by atoms with Gasteiger partial charge in [-0.15, -0.1) is 10.2 Å². The molecule has 1 amide bonds. The highest BCUT2D eigenvalue weighted by Crippen LogP contribution is 2.24. The monoisotopic (exact) mass is 490 g/mol. The summed E-state index contributed by atoms with van der Waals surface area (Å²) < 4.78 is 20.6. The molecule has 8 nitrogen and oxygen atoms in total. The van der Waals surface area contributed by atoms with Gasteiger partial charge in [-0.1, -0.05) is 29.4 Å². The van der Waals surface area contributed by atoms with Gasteiger partial charge in [0.25, 0.3) is 0 Å². The van der Waals surface area contributed by atoms with Crippen LogP contribution in [0.15, 0.2) is 47.6 Å². The summed E-state index contributed by atoms with van der Waals surface area (Å²) in [6.07, 6.45) is 0. The van der Waals surface area contributed by atoms with Crippen molar-refractivity contribution >= 4 is 29.3 Å². The molecule has 0 bridgehead atoms. The first-order chi connectivity index (χ1) is 16.0. The number of halogens is 2. The minimum atomic E-state index is -0.308. The number of thioether (sulfide) groups is 1. The molecule has 2 N–H and O–H groups in total. The third-order valence-electron chi connectivity index (χ3n) is 5.51. The van der Waals surface area contributed by atoms with Crippen LogP contribution in [0.3, 0.4) is 0 Å². The lowest BCUT2D eigenvalue weighted by Gasteiger charge is -2.34. The Kier molecular flexibility index (Phi) is 7.36. The first-order valence-electron chi connectivity index (χ1n) is 10.4. The van der Waals surface area contributed by atoms with Crippen LogP contribution in [0.5, 0.6) is 5.75 Å². The average Bonchev–Trinajstić information content (AvgIpc) is 3.20. The van der Waals surface area contributed by atoms with Gasteiger partial charge >= 0.3 is 0 Å². The molecule has 3 aromatic rings. The van der Waals surface area contributed by atoms with Crippen LogP contribution in [-0.4, -0.2) is 69.6 Å². The minimum Gasteiger partial charge on any atom is -0.497 e. The maximum atomic E-state index is 14.0. The number of nitrogens with zero attached hydrogens (tertiary/aromatic N) is 5. The summed E-state index contributed by atoms with van der Waals surface area (Å²) in [4.78, 5) is 16.6. The van der Waals surface area contributed by atoms with Gasteiger partial charge in [0.2, 0.25) is 11.1 Å². The summed E-state index contributed by atoms with van der Waals surface area (Å²) in [7, 11) is 1.60. The number of nitrogen functional groups attached to an aromatic ring is 1. The molecule has 0 spiro atoms. The van der Waals surface area contributed by atoms with E-state index in [0.717, 1.165) is 11.3 Å². The molecule has 1 aliphatic heterocycles. The van der Waals surface area contributed by atoms with Crippen molar-refractivity contribution in [2.45, 2.75) is 11.7 Å². The van der Waals surface area contributed by atoms with Gasteiger partial charge in [0.15, 0.2) is 5.82 Å². The summed E-state index contributed by atoms with van der Waals surface area (Å²) in [5.74, 6) is 7.29.